The molecule has 14 heavy (non-hydrogen) atoms. The molecule has 0 unspecified atom stereocenters. The Morgan fingerprint density at radius 1 is 1.29 bits per heavy atom. The van der Waals surface area contributed by atoms with E-state index in [-0.39, 0.29) is 0 Å². The number of terminal acetylenes is 1. The van der Waals surface area contributed by atoms with E-state index in [2.05, 4.69) is 18.1 Å². The Hall–Kier alpha value is -1.26. The monoisotopic (exact) mass is 186 g/mol. The number of benzene rings is 1. The highest BCUT2D eigenvalue weighted by Gasteiger charge is 2.27. The van der Waals surface area contributed by atoms with Crippen molar-refractivity contribution in [3.05, 3.63) is 35.9 Å². The third-order valence-corrected chi connectivity index (χ3v) is 2.66. The summed E-state index contributed by atoms with van der Waals surface area (Å²) in [7, 11) is 0. The van der Waals surface area contributed by atoms with Crippen LogP contribution in [0.4, 0.5) is 0 Å². The minimum absolute atomic E-state index is 0.385. The van der Waals surface area contributed by atoms with E-state index in [1.807, 2.05) is 18.2 Å². The normalized spacial score (nSPS) is 25.1. The summed E-state index contributed by atoms with van der Waals surface area (Å²) in [5.74, 6) is 3.20. The second kappa shape index (κ2) is 4.30. The molecule has 1 nitrogen and oxygen atoms in total. The van der Waals surface area contributed by atoms with Gasteiger partial charge in [0, 0.05) is 5.92 Å². The molecular weight excluding hydrogens is 172 g/mol. The van der Waals surface area contributed by atoms with Crippen molar-refractivity contribution in [1.82, 2.24) is 0 Å². The third kappa shape index (κ3) is 2.16. The Morgan fingerprint density at radius 2 is 2.00 bits per heavy atom. The molecule has 2 rings (SSSR count). The van der Waals surface area contributed by atoms with E-state index in [9.17, 15) is 0 Å². The molecule has 1 saturated carbocycles. The van der Waals surface area contributed by atoms with Gasteiger partial charge < -0.3 is 4.74 Å². The average Bonchev–Trinajstić information content (AvgIpc) is 2.17. The molecule has 1 aliphatic carbocycles. The van der Waals surface area contributed by atoms with Crippen LogP contribution in [-0.2, 0) is 11.3 Å². The molecule has 1 heteroatoms. The van der Waals surface area contributed by atoms with Crippen molar-refractivity contribution in [2.45, 2.75) is 25.6 Å². The second-order valence-electron chi connectivity index (χ2n) is 3.75. The van der Waals surface area contributed by atoms with Crippen LogP contribution in [0.3, 0.4) is 0 Å². The van der Waals surface area contributed by atoms with Crippen molar-refractivity contribution < 1.29 is 4.74 Å². The van der Waals surface area contributed by atoms with Crippen LogP contribution in [-0.4, -0.2) is 6.10 Å². The standard InChI is InChI=1S/C13H14O/c1-2-11-8-13(9-11)14-10-12-6-4-3-5-7-12/h1,3-7,11,13H,8-10H2. The van der Waals surface area contributed by atoms with E-state index in [1.54, 1.807) is 0 Å². The fraction of sp³-hybridized carbons (Fsp3) is 0.385. The summed E-state index contributed by atoms with van der Waals surface area (Å²) in [6, 6.07) is 10.2. The molecule has 0 aliphatic heterocycles. The van der Waals surface area contributed by atoms with Gasteiger partial charge in [-0.1, -0.05) is 30.3 Å². The van der Waals surface area contributed by atoms with Gasteiger partial charge in [-0.05, 0) is 18.4 Å². The fourth-order valence-electron chi connectivity index (χ4n) is 1.63. The van der Waals surface area contributed by atoms with E-state index in [1.165, 1.54) is 5.56 Å². The molecule has 0 aromatic heterocycles. The van der Waals surface area contributed by atoms with Crippen molar-refractivity contribution in [2.24, 2.45) is 5.92 Å². The van der Waals surface area contributed by atoms with Crippen LogP contribution in [0.25, 0.3) is 0 Å². The van der Waals surface area contributed by atoms with Gasteiger partial charge in [-0.15, -0.1) is 12.3 Å². The lowest BCUT2D eigenvalue weighted by Gasteiger charge is -2.31. The first-order valence-corrected chi connectivity index (χ1v) is 5.00. The molecule has 1 aliphatic rings. The first-order valence-electron chi connectivity index (χ1n) is 5.00. The van der Waals surface area contributed by atoms with Crippen LogP contribution in [0, 0.1) is 18.3 Å². The van der Waals surface area contributed by atoms with Crippen molar-refractivity contribution in [2.75, 3.05) is 0 Å². The lowest BCUT2D eigenvalue weighted by Crippen LogP contribution is -2.30. The van der Waals surface area contributed by atoms with Crippen LogP contribution in [0.5, 0.6) is 0 Å². The summed E-state index contributed by atoms with van der Waals surface area (Å²) in [6.07, 6.45) is 7.75. The predicted octanol–water partition coefficient (Wildman–Crippen LogP) is 2.62. The van der Waals surface area contributed by atoms with Gasteiger partial charge in [0.25, 0.3) is 0 Å². The van der Waals surface area contributed by atoms with Gasteiger partial charge in [0.1, 0.15) is 0 Å². The van der Waals surface area contributed by atoms with Crippen LogP contribution in [0.1, 0.15) is 18.4 Å². The molecule has 0 radical (unpaired) electrons. The molecule has 1 fully saturated rings. The van der Waals surface area contributed by atoms with Gasteiger partial charge in [-0.25, -0.2) is 0 Å². The SMILES string of the molecule is C#CC1CC(OCc2ccccc2)C1. The second-order valence-corrected chi connectivity index (χ2v) is 3.75. The molecule has 1 aromatic carbocycles. The van der Waals surface area contributed by atoms with Gasteiger partial charge in [0.05, 0.1) is 12.7 Å². The highest BCUT2D eigenvalue weighted by atomic mass is 16.5. The summed E-state index contributed by atoms with van der Waals surface area (Å²) in [4.78, 5) is 0. The minimum Gasteiger partial charge on any atom is -0.373 e. The van der Waals surface area contributed by atoms with E-state index in [0.717, 1.165) is 12.8 Å². The van der Waals surface area contributed by atoms with Crippen molar-refractivity contribution in [1.29, 1.82) is 0 Å². The maximum absolute atomic E-state index is 5.70. The zero-order chi connectivity index (χ0) is 9.80. The molecule has 0 saturated heterocycles. The highest BCUT2D eigenvalue weighted by Crippen LogP contribution is 2.29. The molecule has 0 N–H and O–H groups in total. The average molecular weight is 186 g/mol. The van der Waals surface area contributed by atoms with E-state index in [4.69, 9.17) is 11.2 Å². The smallest absolute Gasteiger partial charge is 0.0720 e. The molecule has 0 amide bonds. The van der Waals surface area contributed by atoms with Crippen LogP contribution in [0.2, 0.25) is 0 Å². The zero-order valence-corrected chi connectivity index (χ0v) is 8.15. The lowest BCUT2D eigenvalue weighted by molar-refractivity contribution is -0.0260. The van der Waals surface area contributed by atoms with Crippen molar-refractivity contribution in [3.8, 4) is 12.3 Å². The van der Waals surface area contributed by atoms with Gasteiger partial charge in [-0.2, -0.15) is 0 Å². The summed E-state index contributed by atoms with van der Waals surface area (Å²) >= 11 is 0. The van der Waals surface area contributed by atoms with Crippen molar-refractivity contribution >= 4 is 0 Å². The van der Waals surface area contributed by atoms with E-state index >= 15 is 0 Å². The lowest BCUT2D eigenvalue weighted by atomic mass is 9.83. The van der Waals surface area contributed by atoms with Gasteiger partial charge in [-0.3, -0.25) is 0 Å². The van der Waals surface area contributed by atoms with Gasteiger partial charge in [0.2, 0.25) is 0 Å². The fourth-order valence-corrected chi connectivity index (χ4v) is 1.63. The quantitative estimate of drug-likeness (QED) is 0.659. The molecule has 72 valence electrons. The maximum atomic E-state index is 5.70. The zero-order valence-electron chi connectivity index (χ0n) is 8.15. The molecule has 0 heterocycles. The Bertz CT molecular complexity index is 317. The summed E-state index contributed by atoms with van der Waals surface area (Å²) in [5.41, 5.74) is 1.23. The van der Waals surface area contributed by atoms with E-state index < -0.39 is 0 Å². The number of ether oxygens (including phenoxy) is 1. The first-order chi connectivity index (χ1) is 6.88. The van der Waals surface area contributed by atoms with Crippen LogP contribution >= 0.6 is 0 Å². The van der Waals surface area contributed by atoms with Crippen molar-refractivity contribution in [3.63, 3.8) is 0 Å². The molecule has 0 spiro atoms. The Labute approximate surface area is 85.1 Å². The largest absolute Gasteiger partial charge is 0.373 e. The molecular formula is C13H14O. The molecule has 1 aromatic rings. The number of hydrogen-bond acceptors (Lipinski definition) is 1. The van der Waals surface area contributed by atoms with Crippen LogP contribution in [0.15, 0.2) is 30.3 Å². The maximum Gasteiger partial charge on any atom is 0.0720 e. The van der Waals surface area contributed by atoms with Gasteiger partial charge >= 0.3 is 0 Å². The first kappa shape index (κ1) is 9.30. The molecule has 0 bridgehead atoms. The van der Waals surface area contributed by atoms with Gasteiger partial charge in [0.15, 0.2) is 0 Å². The number of rotatable bonds is 3. The Kier molecular flexibility index (Phi) is 2.86. The minimum atomic E-state index is 0.385. The van der Waals surface area contributed by atoms with Crippen LogP contribution < -0.4 is 0 Å². The summed E-state index contributed by atoms with van der Waals surface area (Å²) in [6.45, 7) is 0.711. The Balaban J connectivity index is 1.72. The molecule has 0 atom stereocenters. The predicted molar refractivity (Wildman–Crippen MR) is 56.6 cm³/mol. The summed E-state index contributed by atoms with van der Waals surface area (Å²) < 4.78 is 5.70. The highest BCUT2D eigenvalue weighted by molar-refractivity contribution is 5.13. The van der Waals surface area contributed by atoms with E-state index in [0.29, 0.717) is 18.6 Å². The topological polar surface area (TPSA) is 9.23 Å². The third-order valence-electron chi connectivity index (χ3n) is 2.66. The summed E-state index contributed by atoms with van der Waals surface area (Å²) in [5, 5.41) is 0. The Morgan fingerprint density at radius 3 is 2.64 bits per heavy atom. The number of hydrogen-bond donors (Lipinski definition) is 0.